The summed E-state index contributed by atoms with van der Waals surface area (Å²) in [4.78, 5) is 1.24. The Morgan fingerprint density at radius 1 is 1.71 bits per heavy atom. The highest BCUT2D eigenvalue weighted by Gasteiger charge is 2.11. The van der Waals surface area contributed by atoms with E-state index in [0.717, 1.165) is 18.7 Å². The van der Waals surface area contributed by atoms with Crippen LogP contribution in [0.4, 0.5) is 0 Å². The maximum Gasteiger partial charge on any atom is 0.129 e. The Morgan fingerprint density at radius 2 is 2.50 bits per heavy atom. The predicted molar refractivity (Wildman–Crippen MR) is 60.7 cm³/mol. The summed E-state index contributed by atoms with van der Waals surface area (Å²) < 4.78 is 5.13. The van der Waals surface area contributed by atoms with Gasteiger partial charge in [0.15, 0.2) is 0 Å². The molecular weight excluding hydrogens is 194 g/mol. The fraction of sp³-hybridized carbons (Fsp3) is 0.455. The Bertz CT molecular complexity index is 313. The molecule has 0 spiro atoms. The van der Waals surface area contributed by atoms with E-state index < -0.39 is 0 Å². The van der Waals surface area contributed by atoms with Crippen molar-refractivity contribution in [3.05, 3.63) is 16.3 Å². The van der Waals surface area contributed by atoms with Gasteiger partial charge in [0.2, 0.25) is 0 Å². The quantitative estimate of drug-likeness (QED) is 0.752. The molecule has 1 unspecified atom stereocenters. The zero-order chi connectivity index (χ0) is 10.4. The van der Waals surface area contributed by atoms with Crippen molar-refractivity contribution in [2.75, 3.05) is 13.7 Å². The van der Waals surface area contributed by atoms with E-state index in [1.807, 2.05) is 11.4 Å². The highest BCUT2D eigenvalue weighted by atomic mass is 32.1. The average Bonchev–Trinajstić information content (AvgIpc) is 2.65. The van der Waals surface area contributed by atoms with Gasteiger partial charge in [0.1, 0.15) is 5.75 Å². The largest absolute Gasteiger partial charge is 0.496 e. The number of thiophene rings is 1. The van der Waals surface area contributed by atoms with Gasteiger partial charge in [-0.25, -0.2) is 0 Å². The van der Waals surface area contributed by atoms with E-state index in [0.29, 0.717) is 0 Å². The fourth-order valence-corrected chi connectivity index (χ4v) is 2.19. The molecule has 1 atom stereocenters. The maximum atomic E-state index is 5.32. The zero-order valence-corrected chi connectivity index (χ0v) is 9.36. The number of rotatable bonds is 5. The summed E-state index contributed by atoms with van der Waals surface area (Å²) in [6.45, 7) is 3.00. The number of methoxy groups -OCH3 is 1. The van der Waals surface area contributed by atoms with Crippen molar-refractivity contribution < 1.29 is 4.74 Å². The molecule has 0 fully saturated rings. The molecule has 3 heteroatoms. The van der Waals surface area contributed by atoms with Crippen LogP contribution < -0.4 is 10.1 Å². The Morgan fingerprint density at radius 3 is 3.00 bits per heavy atom. The fourth-order valence-electron chi connectivity index (χ4n) is 1.26. The van der Waals surface area contributed by atoms with E-state index >= 15 is 0 Å². The summed E-state index contributed by atoms with van der Waals surface area (Å²) in [7, 11) is 1.68. The second-order valence-electron chi connectivity index (χ2n) is 2.91. The van der Waals surface area contributed by atoms with Crippen LogP contribution in [0, 0.1) is 12.3 Å². The topological polar surface area (TPSA) is 21.3 Å². The third kappa shape index (κ3) is 2.76. The van der Waals surface area contributed by atoms with Crippen molar-refractivity contribution in [2.45, 2.75) is 19.4 Å². The summed E-state index contributed by atoms with van der Waals surface area (Å²) in [5, 5.41) is 5.35. The van der Waals surface area contributed by atoms with Crippen LogP contribution in [0.25, 0.3) is 0 Å². The molecule has 76 valence electrons. The number of hydrogen-bond acceptors (Lipinski definition) is 3. The minimum atomic E-state index is 0.263. The third-order valence-corrected chi connectivity index (χ3v) is 2.97. The van der Waals surface area contributed by atoms with E-state index in [9.17, 15) is 0 Å². The van der Waals surface area contributed by atoms with Gasteiger partial charge in [-0.05, 0) is 12.6 Å². The van der Waals surface area contributed by atoms with Crippen molar-refractivity contribution >= 4 is 11.3 Å². The Hall–Kier alpha value is -0.980. The summed E-state index contributed by atoms with van der Waals surface area (Å²) in [6.07, 6.45) is 6.04. The van der Waals surface area contributed by atoms with Crippen LogP contribution in [-0.2, 0) is 0 Å². The maximum absolute atomic E-state index is 5.32. The van der Waals surface area contributed by atoms with Crippen LogP contribution in [0.15, 0.2) is 11.4 Å². The van der Waals surface area contributed by atoms with E-state index in [4.69, 9.17) is 11.2 Å². The number of ether oxygens (including phenoxy) is 1. The summed E-state index contributed by atoms with van der Waals surface area (Å²) in [5.74, 6) is 3.59. The van der Waals surface area contributed by atoms with Crippen LogP contribution >= 0.6 is 11.3 Å². The van der Waals surface area contributed by atoms with Crippen LogP contribution in [0.5, 0.6) is 5.75 Å². The minimum Gasteiger partial charge on any atom is -0.496 e. The standard InChI is InChI=1S/C11H15NOS/c1-4-6-10(12-5-2)11-7-9(13-3)8-14-11/h1,7-8,10,12H,5-6H2,2-3H3. The Kier molecular flexibility index (Phi) is 4.51. The lowest BCUT2D eigenvalue weighted by atomic mass is 10.2. The average molecular weight is 209 g/mol. The van der Waals surface area contributed by atoms with Crippen LogP contribution in [0.1, 0.15) is 24.3 Å². The highest BCUT2D eigenvalue weighted by Crippen LogP contribution is 2.28. The molecular formula is C11H15NOS. The van der Waals surface area contributed by atoms with Crippen molar-refractivity contribution in [1.82, 2.24) is 5.32 Å². The molecule has 0 aromatic carbocycles. The van der Waals surface area contributed by atoms with Gasteiger partial charge in [-0.3, -0.25) is 0 Å². The van der Waals surface area contributed by atoms with Crippen LogP contribution in [0.3, 0.4) is 0 Å². The van der Waals surface area contributed by atoms with E-state index in [2.05, 4.69) is 18.2 Å². The molecule has 1 rings (SSSR count). The molecule has 1 aromatic rings. The molecule has 0 aliphatic carbocycles. The second-order valence-corrected chi connectivity index (χ2v) is 3.85. The molecule has 14 heavy (non-hydrogen) atoms. The first-order valence-electron chi connectivity index (χ1n) is 4.61. The minimum absolute atomic E-state index is 0.263. The molecule has 0 aliphatic rings. The smallest absolute Gasteiger partial charge is 0.129 e. The van der Waals surface area contributed by atoms with Gasteiger partial charge in [-0.15, -0.1) is 23.7 Å². The van der Waals surface area contributed by atoms with Crippen molar-refractivity contribution in [1.29, 1.82) is 0 Å². The Labute approximate surface area is 89.3 Å². The van der Waals surface area contributed by atoms with Crippen LogP contribution in [-0.4, -0.2) is 13.7 Å². The van der Waals surface area contributed by atoms with E-state index in [1.165, 1.54) is 4.88 Å². The predicted octanol–water partition coefficient (Wildman–Crippen LogP) is 2.43. The van der Waals surface area contributed by atoms with E-state index in [1.54, 1.807) is 18.4 Å². The van der Waals surface area contributed by atoms with Gasteiger partial charge in [0.05, 0.1) is 13.2 Å². The molecule has 0 saturated heterocycles. The molecule has 1 N–H and O–H groups in total. The van der Waals surface area contributed by atoms with Gasteiger partial charge >= 0.3 is 0 Å². The van der Waals surface area contributed by atoms with E-state index in [-0.39, 0.29) is 6.04 Å². The first kappa shape index (κ1) is 11.1. The summed E-state index contributed by atoms with van der Waals surface area (Å²) >= 11 is 1.68. The lowest BCUT2D eigenvalue weighted by Gasteiger charge is -2.12. The zero-order valence-electron chi connectivity index (χ0n) is 8.54. The molecule has 0 aliphatic heterocycles. The molecule has 2 nitrogen and oxygen atoms in total. The number of hydrogen-bond donors (Lipinski definition) is 1. The van der Waals surface area contributed by atoms with Gasteiger partial charge in [0.25, 0.3) is 0 Å². The molecule has 0 bridgehead atoms. The molecule has 0 amide bonds. The van der Waals surface area contributed by atoms with Gasteiger partial charge in [-0.2, -0.15) is 0 Å². The van der Waals surface area contributed by atoms with Gasteiger partial charge in [0, 0.05) is 16.7 Å². The number of nitrogens with one attached hydrogen (secondary N) is 1. The van der Waals surface area contributed by atoms with Crippen molar-refractivity contribution in [3.8, 4) is 18.1 Å². The SMILES string of the molecule is C#CCC(NCC)c1cc(OC)cs1. The van der Waals surface area contributed by atoms with Gasteiger partial charge in [-0.1, -0.05) is 6.92 Å². The first-order chi connectivity index (χ1) is 6.81. The van der Waals surface area contributed by atoms with Gasteiger partial charge < -0.3 is 10.1 Å². The molecule has 1 aromatic heterocycles. The lowest BCUT2D eigenvalue weighted by Crippen LogP contribution is -2.19. The lowest BCUT2D eigenvalue weighted by molar-refractivity contribution is 0.416. The second kappa shape index (κ2) is 5.69. The third-order valence-electron chi connectivity index (χ3n) is 1.95. The molecule has 0 radical (unpaired) electrons. The highest BCUT2D eigenvalue weighted by molar-refractivity contribution is 7.10. The number of terminal acetylenes is 1. The molecule has 0 saturated carbocycles. The summed E-state index contributed by atoms with van der Waals surface area (Å²) in [6, 6.07) is 2.30. The van der Waals surface area contributed by atoms with Crippen LogP contribution in [0.2, 0.25) is 0 Å². The normalized spacial score (nSPS) is 12.1. The molecule has 1 heterocycles. The Balaban J connectivity index is 2.72. The van der Waals surface area contributed by atoms with Crippen molar-refractivity contribution in [2.24, 2.45) is 0 Å². The van der Waals surface area contributed by atoms with Crippen molar-refractivity contribution in [3.63, 3.8) is 0 Å². The summed E-state index contributed by atoms with van der Waals surface area (Å²) in [5.41, 5.74) is 0. The first-order valence-corrected chi connectivity index (χ1v) is 5.49. The monoisotopic (exact) mass is 209 g/mol.